The Kier molecular flexibility index (Phi) is 4.87. The third kappa shape index (κ3) is 4.13. The van der Waals surface area contributed by atoms with Gasteiger partial charge in [0.25, 0.3) is 5.92 Å². The van der Waals surface area contributed by atoms with Crippen molar-refractivity contribution in [2.24, 2.45) is 0 Å². The summed E-state index contributed by atoms with van der Waals surface area (Å²) in [5.41, 5.74) is 3.95. The topological polar surface area (TPSA) is 96.0 Å². The largest absolute Gasteiger partial charge is 0.446 e. The Morgan fingerprint density at radius 2 is 1.94 bits per heavy atom. The van der Waals surface area contributed by atoms with E-state index in [1.165, 1.54) is 4.90 Å². The number of hydrogen-bond acceptors (Lipinski definition) is 6. The van der Waals surface area contributed by atoms with E-state index >= 15 is 0 Å². The summed E-state index contributed by atoms with van der Waals surface area (Å²) in [5, 5.41) is 10.7. The Labute approximate surface area is 197 Å². The van der Waals surface area contributed by atoms with Crippen LogP contribution in [0.25, 0.3) is 22.3 Å². The molecule has 2 aromatic carbocycles. The first-order chi connectivity index (χ1) is 16.8. The van der Waals surface area contributed by atoms with Crippen molar-refractivity contribution in [2.75, 3.05) is 5.32 Å². The van der Waals surface area contributed by atoms with Gasteiger partial charge in [-0.25, -0.2) is 27.9 Å². The summed E-state index contributed by atoms with van der Waals surface area (Å²) in [5.74, 6) is -3.00. The van der Waals surface area contributed by atoms with Crippen LogP contribution in [0.4, 0.5) is 29.5 Å². The zero-order valence-electron chi connectivity index (χ0n) is 18.3. The summed E-state index contributed by atoms with van der Waals surface area (Å²) >= 11 is 0. The zero-order valence-corrected chi connectivity index (χ0v) is 18.3. The van der Waals surface area contributed by atoms with Crippen molar-refractivity contribution in [3.05, 3.63) is 65.7 Å². The lowest BCUT2D eigenvalue weighted by atomic mass is 9.91. The predicted molar refractivity (Wildman–Crippen MR) is 120 cm³/mol. The molecule has 8 nitrogen and oxygen atoms in total. The molecule has 1 aliphatic heterocycles. The molecule has 2 N–H and O–H groups in total. The van der Waals surface area contributed by atoms with Crippen molar-refractivity contribution < 1.29 is 22.7 Å². The van der Waals surface area contributed by atoms with Crippen molar-refractivity contribution in [3.63, 3.8) is 0 Å². The highest BCUT2D eigenvalue weighted by molar-refractivity contribution is 5.82. The van der Waals surface area contributed by atoms with Crippen LogP contribution in [0.1, 0.15) is 24.0 Å². The molecule has 0 unspecified atom stereocenters. The van der Waals surface area contributed by atoms with Crippen molar-refractivity contribution in [1.29, 1.82) is 0 Å². The third-order valence-corrected chi connectivity index (χ3v) is 6.21. The van der Waals surface area contributed by atoms with Crippen molar-refractivity contribution >= 4 is 28.5 Å². The lowest BCUT2D eigenvalue weighted by molar-refractivity contribution is -0.148. The van der Waals surface area contributed by atoms with Crippen molar-refractivity contribution in [1.82, 2.24) is 25.1 Å². The highest BCUT2D eigenvalue weighted by Gasteiger charge is 2.48. The third-order valence-electron chi connectivity index (χ3n) is 6.21. The molecule has 1 saturated carbocycles. The van der Waals surface area contributed by atoms with Gasteiger partial charge in [-0.05, 0) is 35.4 Å². The Morgan fingerprint density at radius 3 is 2.77 bits per heavy atom. The molecule has 0 radical (unpaired) electrons. The van der Waals surface area contributed by atoms with Gasteiger partial charge < -0.3 is 10.1 Å². The predicted octanol–water partition coefficient (Wildman–Crippen LogP) is 5.15. The Hall–Kier alpha value is -4.15. The molecule has 3 heterocycles. The molecule has 1 amide bonds. The van der Waals surface area contributed by atoms with E-state index < -0.39 is 36.8 Å². The molecule has 6 rings (SSSR count). The number of carbonyl (C=O) groups is 1. The van der Waals surface area contributed by atoms with Crippen LogP contribution in [0.15, 0.2) is 48.8 Å². The van der Waals surface area contributed by atoms with E-state index in [2.05, 4.69) is 25.5 Å². The van der Waals surface area contributed by atoms with Crippen molar-refractivity contribution in [3.8, 4) is 11.4 Å². The van der Waals surface area contributed by atoms with Gasteiger partial charge in [-0.15, -0.1) is 0 Å². The SMILES string of the molecule is O=C(OC1CC(F)(F)C1)N1Cc2ccc(-c3ncc(F)c(Nc4ccc5[nH]ncc5c4)n3)cc2C1. The molecular formula is C24H19F3N6O2. The molecule has 2 aromatic heterocycles. The van der Waals surface area contributed by atoms with Crippen LogP contribution in [0.2, 0.25) is 0 Å². The molecule has 0 spiro atoms. The Morgan fingerprint density at radius 1 is 1.11 bits per heavy atom. The van der Waals surface area contributed by atoms with Crippen LogP contribution in [0.5, 0.6) is 0 Å². The minimum absolute atomic E-state index is 0.0286. The number of fused-ring (bicyclic) bond motifs is 2. The molecule has 1 fully saturated rings. The molecule has 1 aliphatic carbocycles. The van der Waals surface area contributed by atoms with Crippen LogP contribution in [-0.2, 0) is 17.8 Å². The lowest BCUT2D eigenvalue weighted by Gasteiger charge is -2.34. The summed E-state index contributed by atoms with van der Waals surface area (Å²) in [6.45, 7) is 0.604. The van der Waals surface area contributed by atoms with Crippen LogP contribution in [0, 0.1) is 5.82 Å². The first kappa shape index (κ1) is 21.4. The van der Waals surface area contributed by atoms with E-state index in [0.29, 0.717) is 23.6 Å². The first-order valence-corrected chi connectivity index (χ1v) is 11.0. The number of amides is 1. The highest BCUT2D eigenvalue weighted by atomic mass is 19.3. The van der Waals surface area contributed by atoms with E-state index in [1.807, 2.05) is 24.3 Å². The van der Waals surface area contributed by atoms with E-state index in [1.54, 1.807) is 18.3 Å². The number of halogens is 3. The summed E-state index contributed by atoms with van der Waals surface area (Å²) in [4.78, 5) is 22.3. The van der Waals surface area contributed by atoms with Gasteiger partial charge in [-0.1, -0.05) is 12.1 Å². The van der Waals surface area contributed by atoms with Gasteiger partial charge in [-0.3, -0.25) is 10.00 Å². The second kappa shape index (κ2) is 7.97. The van der Waals surface area contributed by atoms with Crippen molar-refractivity contribution in [2.45, 2.75) is 38.0 Å². The number of aromatic amines is 1. The number of nitrogens with zero attached hydrogens (tertiary/aromatic N) is 4. The highest BCUT2D eigenvalue weighted by Crippen LogP contribution is 2.40. The van der Waals surface area contributed by atoms with Crippen LogP contribution >= 0.6 is 0 Å². The fraction of sp³-hybridized carbons (Fsp3) is 0.250. The molecule has 35 heavy (non-hydrogen) atoms. The minimum Gasteiger partial charge on any atom is -0.446 e. The van der Waals surface area contributed by atoms with Crippen LogP contribution in [0.3, 0.4) is 0 Å². The molecular weight excluding hydrogens is 461 g/mol. The number of rotatable bonds is 4. The number of aromatic nitrogens is 4. The number of ether oxygens (including phenoxy) is 1. The summed E-state index contributed by atoms with van der Waals surface area (Å²) in [7, 11) is 0. The molecule has 0 bridgehead atoms. The number of carbonyl (C=O) groups excluding carboxylic acids is 1. The van der Waals surface area contributed by atoms with Gasteiger partial charge in [0, 0.05) is 42.6 Å². The second-order valence-electron chi connectivity index (χ2n) is 8.80. The molecule has 4 aromatic rings. The normalized spacial score (nSPS) is 16.7. The lowest BCUT2D eigenvalue weighted by Crippen LogP contribution is -2.44. The fourth-order valence-corrected chi connectivity index (χ4v) is 4.32. The fourth-order valence-electron chi connectivity index (χ4n) is 4.32. The first-order valence-electron chi connectivity index (χ1n) is 11.0. The van der Waals surface area contributed by atoms with E-state index in [4.69, 9.17) is 4.74 Å². The van der Waals surface area contributed by atoms with E-state index in [-0.39, 0.29) is 12.4 Å². The minimum atomic E-state index is -2.75. The number of H-pyrrole nitrogens is 1. The maximum absolute atomic E-state index is 14.5. The monoisotopic (exact) mass is 480 g/mol. The zero-order chi connectivity index (χ0) is 24.2. The number of alkyl halides is 2. The summed E-state index contributed by atoms with van der Waals surface area (Å²) in [6.07, 6.45) is 0.557. The molecule has 178 valence electrons. The maximum Gasteiger partial charge on any atom is 0.410 e. The van der Waals surface area contributed by atoms with Gasteiger partial charge >= 0.3 is 6.09 Å². The van der Waals surface area contributed by atoms with Gasteiger partial charge in [0.1, 0.15) is 6.10 Å². The van der Waals surface area contributed by atoms with Gasteiger partial charge in [0.15, 0.2) is 17.5 Å². The average Bonchev–Trinajstić information content (AvgIpc) is 3.45. The van der Waals surface area contributed by atoms with Gasteiger partial charge in [0.2, 0.25) is 0 Å². The molecule has 2 aliphatic rings. The number of nitrogens with one attached hydrogen (secondary N) is 2. The smallest absolute Gasteiger partial charge is 0.410 e. The Balaban J connectivity index is 1.18. The number of hydrogen-bond donors (Lipinski definition) is 2. The van der Waals surface area contributed by atoms with E-state index in [9.17, 15) is 18.0 Å². The van der Waals surface area contributed by atoms with Crippen LogP contribution in [-0.4, -0.2) is 43.2 Å². The Bertz CT molecular complexity index is 1450. The molecule has 0 atom stereocenters. The summed E-state index contributed by atoms with van der Waals surface area (Å²) < 4.78 is 45.7. The average molecular weight is 480 g/mol. The number of benzene rings is 2. The quantitative estimate of drug-likeness (QED) is 0.419. The molecule has 0 saturated heterocycles. The maximum atomic E-state index is 14.5. The van der Waals surface area contributed by atoms with Gasteiger partial charge in [-0.2, -0.15) is 5.10 Å². The summed E-state index contributed by atoms with van der Waals surface area (Å²) in [6, 6.07) is 10.9. The number of anilines is 2. The van der Waals surface area contributed by atoms with Gasteiger partial charge in [0.05, 0.1) is 17.9 Å². The standard InChI is InChI=1S/C24H19F3N6O2/c25-19-10-28-21(31-22(19)30-17-3-4-20-15(6-17)9-29-32-20)13-1-2-14-11-33(12-16(14)5-13)23(34)35-18-7-24(26,27)8-18/h1-6,9-10,18H,7-8,11-12H2,(H,29,32)(H,28,30,31). The van der Waals surface area contributed by atoms with E-state index in [0.717, 1.165) is 28.2 Å². The molecule has 11 heteroatoms. The van der Waals surface area contributed by atoms with Crippen LogP contribution < -0.4 is 5.32 Å². The second-order valence-corrected chi connectivity index (χ2v) is 8.80.